The molecule has 0 fully saturated rings. The maximum Gasteiger partial charge on any atom is 0.259 e. The number of rotatable bonds is 5. The molecule has 0 atom stereocenters. The van der Waals surface area contributed by atoms with Crippen LogP contribution in [0.2, 0.25) is 0 Å². The molecule has 1 heterocycles. The number of hydrogen-bond acceptors (Lipinski definition) is 4. The van der Waals surface area contributed by atoms with Crippen molar-refractivity contribution in [2.75, 3.05) is 11.9 Å². The number of aromatic nitrogens is 1. The molecule has 0 spiro atoms. The average molecular weight is 282 g/mol. The van der Waals surface area contributed by atoms with Crippen molar-refractivity contribution in [2.24, 2.45) is 5.10 Å². The number of hydrazone groups is 1. The molecular weight excluding hydrogens is 264 g/mol. The van der Waals surface area contributed by atoms with Crippen molar-refractivity contribution < 1.29 is 4.79 Å². The lowest BCUT2D eigenvalue weighted by Crippen LogP contribution is -2.26. The fourth-order valence-corrected chi connectivity index (χ4v) is 1.93. The quantitative estimate of drug-likeness (QED) is 0.653. The number of anilines is 1. The van der Waals surface area contributed by atoms with Gasteiger partial charge in [-0.3, -0.25) is 9.78 Å². The number of carbonyl (C=O) groups excluding carboxylic acids is 1. The lowest BCUT2D eigenvalue weighted by molar-refractivity contribution is -0.119. The van der Waals surface area contributed by atoms with Crippen molar-refractivity contribution in [1.82, 2.24) is 10.4 Å². The van der Waals surface area contributed by atoms with E-state index < -0.39 is 0 Å². The Hall–Kier alpha value is -2.69. The maximum absolute atomic E-state index is 11.7. The zero-order chi connectivity index (χ0) is 15.1. The fraction of sp³-hybridized carbons (Fsp3) is 0.188. The molecule has 21 heavy (non-hydrogen) atoms. The lowest BCUT2D eigenvalue weighted by Gasteiger charge is -2.11. The van der Waals surface area contributed by atoms with Crippen LogP contribution in [0.5, 0.6) is 0 Å². The van der Waals surface area contributed by atoms with Gasteiger partial charge in [0, 0.05) is 23.6 Å². The van der Waals surface area contributed by atoms with Gasteiger partial charge in [0.05, 0.1) is 12.8 Å². The Kier molecular flexibility index (Phi) is 5.04. The van der Waals surface area contributed by atoms with Gasteiger partial charge >= 0.3 is 0 Å². The first-order valence-electron chi connectivity index (χ1n) is 6.69. The van der Waals surface area contributed by atoms with Crippen LogP contribution in [0.15, 0.2) is 47.8 Å². The van der Waals surface area contributed by atoms with Gasteiger partial charge in [0.25, 0.3) is 5.91 Å². The van der Waals surface area contributed by atoms with E-state index in [1.807, 2.05) is 44.2 Å². The minimum Gasteiger partial charge on any atom is -0.376 e. The molecule has 0 saturated carbocycles. The number of amides is 1. The molecule has 108 valence electrons. The van der Waals surface area contributed by atoms with Gasteiger partial charge in [-0.25, -0.2) is 5.43 Å². The molecule has 0 radical (unpaired) electrons. The molecule has 2 aromatic rings. The molecular formula is C16H18N4O. The predicted molar refractivity (Wildman–Crippen MR) is 84.4 cm³/mol. The van der Waals surface area contributed by atoms with Crippen LogP contribution in [0.1, 0.15) is 16.7 Å². The SMILES string of the molecule is Cc1cccc(C)c1NCC(=O)N/N=C\c1cccnc1. The molecule has 5 heteroatoms. The van der Waals surface area contributed by atoms with E-state index >= 15 is 0 Å². The number of carbonyl (C=O) groups is 1. The molecule has 1 aromatic carbocycles. The normalized spacial score (nSPS) is 10.6. The van der Waals surface area contributed by atoms with Crippen LogP contribution in [0, 0.1) is 13.8 Å². The van der Waals surface area contributed by atoms with E-state index in [9.17, 15) is 4.79 Å². The first-order chi connectivity index (χ1) is 10.2. The van der Waals surface area contributed by atoms with E-state index in [1.165, 1.54) is 0 Å². The van der Waals surface area contributed by atoms with Crippen LogP contribution in [-0.4, -0.2) is 23.7 Å². The number of para-hydroxylation sites is 1. The number of nitrogens with zero attached hydrogens (tertiary/aromatic N) is 2. The Morgan fingerprint density at radius 3 is 2.67 bits per heavy atom. The van der Waals surface area contributed by atoms with E-state index in [4.69, 9.17) is 0 Å². The number of benzene rings is 1. The van der Waals surface area contributed by atoms with Crippen molar-refractivity contribution in [3.8, 4) is 0 Å². The van der Waals surface area contributed by atoms with Gasteiger partial charge < -0.3 is 5.32 Å². The monoisotopic (exact) mass is 282 g/mol. The topological polar surface area (TPSA) is 66.4 Å². The van der Waals surface area contributed by atoms with Crippen molar-refractivity contribution in [3.63, 3.8) is 0 Å². The van der Waals surface area contributed by atoms with E-state index in [0.717, 1.165) is 22.4 Å². The van der Waals surface area contributed by atoms with Gasteiger partial charge in [-0.15, -0.1) is 0 Å². The Bertz CT molecular complexity index is 618. The first-order valence-corrected chi connectivity index (χ1v) is 6.69. The van der Waals surface area contributed by atoms with Gasteiger partial charge in [0.1, 0.15) is 0 Å². The maximum atomic E-state index is 11.7. The minimum absolute atomic E-state index is 0.177. The van der Waals surface area contributed by atoms with Crippen LogP contribution in [0.4, 0.5) is 5.69 Å². The Balaban J connectivity index is 1.84. The smallest absolute Gasteiger partial charge is 0.259 e. The molecule has 0 aliphatic carbocycles. The van der Waals surface area contributed by atoms with Crippen molar-refractivity contribution in [1.29, 1.82) is 0 Å². The summed E-state index contributed by atoms with van der Waals surface area (Å²) in [6.45, 7) is 4.19. The van der Waals surface area contributed by atoms with Crippen molar-refractivity contribution in [3.05, 3.63) is 59.4 Å². The summed E-state index contributed by atoms with van der Waals surface area (Å²) in [7, 11) is 0. The summed E-state index contributed by atoms with van der Waals surface area (Å²) in [5.41, 5.74) is 6.53. The average Bonchev–Trinajstić information content (AvgIpc) is 2.48. The Morgan fingerprint density at radius 1 is 1.24 bits per heavy atom. The summed E-state index contributed by atoms with van der Waals surface area (Å²) in [6, 6.07) is 9.68. The van der Waals surface area contributed by atoms with Crippen LogP contribution < -0.4 is 10.7 Å². The summed E-state index contributed by atoms with van der Waals surface area (Å²) in [4.78, 5) is 15.7. The predicted octanol–water partition coefficient (Wildman–Crippen LogP) is 2.26. The summed E-state index contributed by atoms with van der Waals surface area (Å²) < 4.78 is 0. The summed E-state index contributed by atoms with van der Waals surface area (Å²) in [5, 5.41) is 7.03. The highest BCUT2D eigenvalue weighted by Crippen LogP contribution is 2.18. The highest BCUT2D eigenvalue weighted by Gasteiger charge is 2.04. The highest BCUT2D eigenvalue weighted by atomic mass is 16.2. The molecule has 1 amide bonds. The van der Waals surface area contributed by atoms with Gasteiger partial charge in [0.15, 0.2) is 0 Å². The van der Waals surface area contributed by atoms with Crippen LogP contribution in [-0.2, 0) is 4.79 Å². The molecule has 0 saturated heterocycles. The summed E-state index contributed by atoms with van der Waals surface area (Å²) >= 11 is 0. The molecule has 2 N–H and O–H groups in total. The van der Waals surface area contributed by atoms with Crippen LogP contribution in [0.25, 0.3) is 0 Å². The van der Waals surface area contributed by atoms with Crippen molar-refractivity contribution >= 4 is 17.8 Å². The lowest BCUT2D eigenvalue weighted by atomic mass is 10.1. The summed E-state index contributed by atoms with van der Waals surface area (Å²) in [5.74, 6) is -0.196. The van der Waals surface area contributed by atoms with Crippen LogP contribution >= 0.6 is 0 Å². The third kappa shape index (κ3) is 4.42. The Labute approximate surface area is 124 Å². The number of hydrogen-bond donors (Lipinski definition) is 2. The van der Waals surface area contributed by atoms with Gasteiger partial charge in [-0.05, 0) is 31.0 Å². The van der Waals surface area contributed by atoms with E-state index in [-0.39, 0.29) is 12.5 Å². The van der Waals surface area contributed by atoms with E-state index in [2.05, 4.69) is 20.8 Å². The van der Waals surface area contributed by atoms with Gasteiger partial charge in [-0.1, -0.05) is 24.3 Å². The summed E-state index contributed by atoms with van der Waals surface area (Å²) in [6.07, 6.45) is 4.92. The molecule has 5 nitrogen and oxygen atoms in total. The molecule has 0 unspecified atom stereocenters. The second-order valence-electron chi connectivity index (χ2n) is 4.70. The van der Waals surface area contributed by atoms with E-state index in [0.29, 0.717) is 0 Å². The zero-order valence-corrected chi connectivity index (χ0v) is 12.1. The van der Waals surface area contributed by atoms with Crippen LogP contribution in [0.3, 0.4) is 0 Å². The number of aryl methyl sites for hydroxylation is 2. The third-order valence-corrected chi connectivity index (χ3v) is 2.99. The largest absolute Gasteiger partial charge is 0.376 e. The Morgan fingerprint density at radius 2 is 2.00 bits per heavy atom. The van der Waals surface area contributed by atoms with Crippen molar-refractivity contribution in [2.45, 2.75) is 13.8 Å². The molecule has 0 aliphatic rings. The number of pyridine rings is 1. The van der Waals surface area contributed by atoms with Gasteiger partial charge in [-0.2, -0.15) is 5.10 Å². The molecule has 0 aliphatic heterocycles. The number of nitrogens with one attached hydrogen (secondary N) is 2. The standard InChI is InChI=1S/C16H18N4O/c1-12-5-3-6-13(2)16(12)18-11-15(21)20-19-10-14-7-4-8-17-9-14/h3-10,18H,11H2,1-2H3,(H,20,21)/b19-10-. The van der Waals surface area contributed by atoms with E-state index in [1.54, 1.807) is 18.6 Å². The fourth-order valence-electron chi connectivity index (χ4n) is 1.93. The van der Waals surface area contributed by atoms with Gasteiger partial charge in [0.2, 0.25) is 0 Å². The molecule has 2 rings (SSSR count). The minimum atomic E-state index is -0.196. The zero-order valence-electron chi connectivity index (χ0n) is 12.1. The first kappa shape index (κ1) is 14.7. The highest BCUT2D eigenvalue weighted by molar-refractivity contribution is 5.84. The third-order valence-electron chi connectivity index (χ3n) is 2.99. The second-order valence-corrected chi connectivity index (χ2v) is 4.70. The molecule has 0 bridgehead atoms. The second kappa shape index (κ2) is 7.19. The molecule has 1 aromatic heterocycles.